The number of hydrogen-bond acceptors (Lipinski definition) is 4. The molecule has 1 aliphatic rings. The quantitative estimate of drug-likeness (QED) is 0.875. The molecule has 1 N–H and O–H groups in total. The van der Waals surface area contributed by atoms with Gasteiger partial charge in [-0.15, -0.1) is 0 Å². The first kappa shape index (κ1) is 16.7. The van der Waals surface area contributed by atoms with Crippen LogP contribution in [0.15, 0.2) is 27.4 Å². The fourth-order valence-corrected chi connectivity index (χ4v) is 3.36. The fourth-order valence-electron chi connectivity index (χ4n) is 3.36. The normalized spacial score (nSPS) is 18.2. The van der Waals surface area contributed by atoms with Crippen molar-refractivity contribution in [2.45, 2.75) is 33.7 Å². The van der Waals surface area contributed by atoms with Gasteiger partial charge in [0.1, 0.15) is 5.58 Å². The lowest BCUT2D eigenvalue weighted by molar-refractivity contribution is -0.124. The maximum absolute atomic E-state index is 12.0. The molecular weight excluding hydrogens is 304 g/mol. The van der Waals surface area contributed by atoms with E-state index in [1.807, 2.05) is 19.9 Å². The van der Waals surface area contributed by atoms with Crippen molar-refractivity contribution in [1.29, 1.82) is 0 Å². The van der Waals surface area contributed by atoms with Crippen molar-refractivity contribution < 1.29 is 9.21 Å². The third-order valence-electron chi connectivity index (χ3n) is 4.83. The molecule has 1 atom stereocenters. The van der Waals surface area contributed by atoms with Crippen LogP contribution < -0.4 is 10.9 Å². The number of benzene rings is 1. The standard InChI is InChI=1S/C19H24N2O3/c1-4-20-19(23)14-5-6-21(10-14)11-15-9-18(22)24-17-8-13(3)12(2)7-16(15)17/h7-9,14H,4-6,10-11H2,1-3H3,(H,20,23). The number of fused-ring (bicyclic) bond motifs is 1. The van der Waals surface area contributed by atoms with Gasteiger partial charge in [0.05, 0.1) is 5.92 Å². The third-order valence-corrected chi connectivity index (χ3v) is 4.83. The maximum Gasteiger partial charge on any atom is 0.336 e. The minimum Gasteiger partial charge on any atom is -0.423 e. The summed E-state index contributed by atoms with van der Waals surface area (Å²) in [5.41, 5.74) is 3.58. The first-order valence-corrected chi connectivity index (χ1v) is 8.52. The number of likely N-dealkylation sites (tertiary alicyclic amines) is 1. The number of rotatable bonds is 4. The lowest BCUT2D eigenvalue weighted by Gasteiger charge is -2.17. The number of carbonyl (C=O) groups is 1. The first-order chi connectivity index (χ1) is 11.5. The van der Waals surface area contributed by atoms with Crippen LogP contribution in [0.3, 0.4) is 0 Å². The van der Waals surface area contributed by atoms with Gasteiger partial charge in [0.15, 0.2) is 0 Å². The summed E-state index contributed by atoms with van der Waals surface area (Å²) in [5, 5.41) is 3.88. The number of nitrogens with one attached hydrogen (secondary N) is 1. The molecule has 0 radical (unpaired) electrons. The number of nitrogens with zero attached hydrogens (tertiary/aromatic N) is 1. The highest BCUT2D eigenvalue weighted by atomic mass is 16.4. The second-order valence-corrected chi connectivity index (χ2v) is 6.64. The van der Waals surface area contributed by atoms with E-state index < -0.39 is 0 Å². The van der Waals surface area contributed by atoms with E-state index in [0.717, 1.165) is 36.0 Å². The predicted octanol–water partition coefficient (Wildman–Crippen LogP) is 2.37. The minimum absolute atomic E-state index is 0.0420. The molecule has 24 heavy (non-hydrogen) atoms. The number of aryl methyl sites for hydroxylation is 2. The van der Waals surface area contributed by atoms with Gasteiger partial charge in [-0.25, -0.2) is 4.79 Å². The van der Waals surface area contributed by atoms with Gasteiger partial charge in [-0.2, -0.15) is 0 Å². The molecule has 128 valence electrons. The van der Waals surface area contributed by atoms with Crippen LogP contribution in [0.5, 0.6) is 0 Å². The van der Waals surface area contributed by atoms with Gasteiger partial charge < -0.3 is 9.73 Å². The van der Waals surface area contributed by atoms with Crippen molar-refractivity contribution in [2.24, 2.45) is 5.92 Å². The molecule has 1 aromatic heterocycles. The Morgan fingerprint density at radius 1 is 1.29 bits per heavy atom. The summed E-state index contributed by atoms with van der Waals surface area (Å²) in [4.78, 5) is 26.1. The van der Waals surface area contributed by atoms with Crippen LogP contribution in [0.1, 0.15) is 30.0 Å². The monoisotopic (exact) mass is 328 g/mol. The summed E-state index contributed by atoms with van der Waals surface area (Å²) in [6.45, 7) is 8.94. The van der Waals surface area contributed by atoms with Crippen LogP contribution in [-0.2, 0) is 11.3 Å². The van der Waals surface area contributed by atoms with E-state index in [0.29, 0.717) is 18.7 Å². The van der Waals surface area contributed by atoms with Gasteiger partial charge in [-0.3, -0.25) is 9.69 Å². The topological polar surface area (TPSA) is 62.6 Å². The molecule has 0 aliphatic carbocycles. The molecule has 0 bridgehead atoms. The molecule has 0 spiro atoms. The molecule has 5 nitrogen and oxygen atoms in total. The van der Waals surface area contributed by atoms with Crippen molar-refractivity contribution in [3.8, 4) is 0 Å². The van der Waals surface area contributed by atoms with Crippen molar-refractivity contribution in [3.63, 3.8) is 0 Å². The average Bonchev–Trinajstić information content (AvgIpc) is 2.98. The molecule has 5 heteroatoms. The van der Waals surface area contributed by atoms with Crippen LogP contribution in [0, 0.1) is 19.8 Å². The van der Waals surface area contributed by atoms with Gasteiger partial charge in [-0.1, -0.05) is 0 Å². The Hall–Kier alpha value is -2.14. The van der Waals surface area contributed by atoms with E-state index in [-0.39, 0.29) is 17.5 Å². The van der Waals surface area contributed by atoms with E-state index in [1.165, 1.54) is 5.56 Å². The molecule has 3 rings (SSSR count). The van der Waals surface area contributed by atoms with Crippen molar-refractivity contribution in [1.82, 2.24) is 10.2 Å². The van der Waals surface area contributed by atoms with Crippen LogP contribution >= 0.6 is 0 Å². The van der Waals surface area contributed by atoms with E-state index in [9.17, 15) is 9.59 Å². The zero-order valence-corrected chi connectivity index (χ0v) is 14.5. The minimum atomic E-state index is -0.319. The lowest BCUT2D eigenvalue weighted by Crippen LogP contribution is -2.32. The Kier molecular flexibility index (Phi) is 4.71. The summed E-state index contributed by atoms with van der Waals surface area (Å²) in [6.07, 6.45) is 0.864. The van der Waals surface area contributed by atoms with Crippen LogP contribution in [0.25, 0.3) is 11.0 Å². The van der Waals surface area contributed by atoms with Crippen LogP contribution in [0.2, 0.25) is 0 Å². The SMILES string of the molecule is CCNC(=O)C1CCN(Cc2cc(=O)oc3cc(C)c(C)cc23)C1. The predicted molar refractivity (Wildman–Crippen MR) is 94.0 cm³/mol. The van der Waals surface area contributed by atoms with Crippen molar-refractivity contribution in [3.05, 3.63) is 45.3 Å². The molecule has 1 amide bonds. The Balaban J connectivity index is 1.84. The van der Waals surface area contributed by atoms with Crippen molar-refractivity contribution >= 4 is 16.9 Å². The Morgan fingerprint density at radius 2 is 2.04 bits per heavy atom. The summed E-state index contributed by atoms with van der Waals surface area (Å²) in [5.74, 6) is 0.171. The first-order valence-electron chi connectivity index (χ1n) is 8.52. The van der Waals surface area contributed by atoms with E-state index in [1.54, 1.807) is 6.07 Å². The summed E-state index contributed by atoms with van der Waals surface area (Å²) >= 11 is 0. The molecule has 1 fully saturated rings. The average molecular weight is 328 g/mol. The molecule has 2 heterocycles. The van der Waals surface area contributed by atoms with Gasteiger partial charge in [0.2, 0.25) is 5.91 Å². The number of amides is 1. The van der Waals surface area contributed by atoms with E-state index in [4.69, 9.17) is 4.42 Å². The second-order valence-electron chi connectivity index (χ2n) is 6.64. The highest BCUT2D eigenvalue weighted by Gasteiger charge is 2.28. The number of carbonyl (C=O) groups excluding carboxylic acids is 1. The zero-order valence-electron chi connectivity index (χ0n) is 14.5. The maximum atomic E-state index is 12.0. The lowest BCUT2D eigenvalue weighted by atomic mass is 10.0. The van der Waals surface area contributed by atoms with Gasteiger partial charge >= 0.3 is 5.63 Å². The van der Waals surface area contributed by atoms with Gasteiger partial charge in [0, 0.05) is 31.1 Å². The molecular formula is C19H24N2O3. The van der Waals surface area contributed by atoms with Gasteiger partial charge in [-0.05, 0) is 62.6 Å². The summed E-state index contributed by atoms with van der Waals surface area (Å²) in [7, 11) is 0. The van der Waals surface area contributed by atoms with E-state index >= 15 is 0 Å². The summed E-state index contributed by atoms with van der Waals surface area (Å²) in [6, 6.07) is 5.59. The Morgan fingerprint density at radius 3 is 2.79 bits per heavy atom. The molecule has 1 aliphatic heterocycles. The van der Waals surface area contributed by atoms with Crippen molar-refractivity contribution in [2.75, 3.05) is 19.6 Å². The number of hydrogen-bond donors (Lipinski definition) is 1. The Bertz CT molecular complexity index is 825. The highest BCUT2D eigenvalue weighted by Crippen LogP contribution is 2.25. The van der Waals surface area contributed by atoms with Crippen LogP contribution in [0.4, 0.5) is 0 Å². The molecule has 2 aromatic rings. The molecule has 1 aromatic carbocycles. The van der Waals surface area contributed by atoms with E-state index in [2.05, 4.69) is 23.2 Å². The largest absolute Gasteiger partial charge is 0.423 e. The molecule has 1 unspecified atom stereocenters. The highest BCUT2D eigenvalue weighted by molar-refractivity contribution is 5.82. The Labute approximate surface area is 141 Å². The zero-order chi connectivity index (χ0) is 17.3. The summed E-state index contributed by atoms with van der Waals surface area (Å²) < 4.78 is 5.36. The molecule has 0 saturated carbocycles. The van der Waals surface area contributed by atoms with Gasteiger partial charge in [0.25, 0.3) is 0 Å². The smallest absolute Gasteiger partial charge is 0.336 e. The van der Waals surface area contributed by atoms with Crippen LogP contribution in [-0.4, -0.2) is 30.4 Å². The molecule has 1 saturated heterocycles. The third kappa shape index (κ3) is 3.36. The fraction of sp³-hybridized carbons (Fsp3) is 0.474. The second kappa shape index (κ2) is 6.77.